The molecule has 0 heterocycles. The van der Waals surface area contributed by atoms with Gasteiger partial charge in [-0.1, -0.05) is 0 Å². The molecule has 0 aliphatic heterocycles. The van der Waals surface area contributed by atoms with E-state index in [1.165, 1.54) is 0 Å². The SMILES string of the molecule is COc1ccc(OC)c(CNC(=O)CC(C)(C)N)c1. The highest BCUT2D eigenvalue weighted by Crippen LogP contribution is 2.23. The van der Waals surface area contributed by atoms with Gasteiger partial charge in [-0.05, 0) is 32.0 Å². The molecule has 106 valence electrons. The van der Waals surface area contributed by atoms with Crippen LogP contribution >= 0.6 is 0 Å². The van der Waals surface area contributed by atoms with Crippen LogP contribution in [0.5, 0.6) is 11.5 Å². The molecule has 0 atom stereocenters. The predicted octanol–water partition coefficient (Wildman–Crippen LogP) is 1.45. The lowest BCUT2D eigenvalue weighted by Gasteiger charge is -2.18. The van der Waals surface area contributed by atoms with E-state index in [2.05, 4.69) is 5.32 Å². The number of nitrogens with one attached hydrogen (secondary N) is 1. The van der Waals surface area contributed by atoms with E-state index in [0.717, 1.165) is 11.3 Å². The molecular formula is C14H22N2O3. The van der Waals surface area contributed by atoms with E-state index < -0.39 is 5.54 Å². The average molecular weight is 266 g/mol. The van der Waals surface area contributed by atoms with Gasteiger partial charge < -0.3 is 20.5 Å². The van der Waals surface area contributed by atoms with Gasteiger partial charge in [0.25, 0.3) is 0 Å². The second-order valence-corrected chi connectivity index (χ2v) is 5.12. The average Bonchev–Trinajstić information content (AvgIpc) is 2.33. The third-order valence-electron chi connectivity index (χ3n) is 2.58. The van der Waals surface area contributed by atoms with Crippen LogP contribution < -0.4 is 20.5 Å². The molecule has 0 aliphatic rings. The van der Waals surface area contributed by atoms with Crippen molar-refractivity contribution in [2.24, 2.45) is 5.73 Å². The van der Waals surface area contributed by atoms with Crippen molar-refractivity contribution >= 4 is 5.91 Å². The van der Waals surface area contributed by atoms with Gasteiger partial charge in [0.2, 0.25) is 5.91 Å². The van der Waals surface area contributed by atoms with Crippen molar-refractivity contribution in [2.75, 3.05) is 14.2 Å². The molecule has 5 heteroatoms. The lowest BCUT2D eigenvalue weighted by atomic mass is 10.0. The minimum atomic E-state index is -0.511. The fourth-order valence-electron chi connectivity index (χ4n) is 1.69. The van der Waals surface area contributed by atoms with Crippen LogP contribution in [0.2, 0.25) is 0 Å². The standard InChI is InChI=1S/C14H22N2O3/c1-14(2,15)8-13(17)16-9-10-7-11(18-3)5-6-12(10)19-4/h5-7H,8-9,15H2,1-4H3,(H,16,17). The predicted molar refractivity (Wildman–Crippen MR) is 74.3 cm³/mol. The number of amides is 1. The number of methoxy groups -OCH3 is 2. The highest BCUT2D eigenvalue weighted by Gasteiger charge is 2.16. The van der Waals surface area contributed by atoms with Crippen LogP contribution in [0.1, 0.15) is 25.8 Å². The van der Waals surface area contributed by atoms with Gasteiger partial charge in [0.05, 0.1) is 14.2 Å². The highest BCUT2D eigenvalue weighted by molar-refractivity contribution is 5.77. The van der Waals surface area contributed by atoms with Gasteiger partial charge >= 0.3 is 0 Å². The van der Waals surface area contributed by atoms with Gasteiger partial charge in [-0.2, -0.15) is 0 Å². The summed E-state index contributed by atoms with van der Waals surface area (Å²) >= 11 is 0. The van der Waals surface area contributed by atoms with E-state index in [4.69, 9.17) is 15.2 Å². The van der Waals surface area contributed by atoms with Crippen LogP contribution in [-0.2, 0) is 11.3 Å². The Balaban J connectivity index is 2.68. The quantitative estimate of drug-likeness (QED) is 0.817. The van der Waals surface area contributed by atoms with Gasteiger partial charge in [-0.3, -0.25) is 4.79 Å². The number of ether oxygens (including phenoxy) is 2. The first-order valence-corrected chi connectivity index (χ1v) is 6.12. The Kier molecular flexibility index (Phi) is 5.18. The van der Waals surface area contributed by atoms with E-state index in [-0.39, 0.29) is 12.3 Å². The first-order chi connectivity index (χ1) is 8.85. The molecule has 5 nitrogen and oxygen atoms in total. The van der Waals surface area contributed by atoms with Gasteiger partial charge in [-0.25, -0.2) is 0 Å². The molecule has 3 N–H and O–H groups in total. The summed E-state index contributed by atoms with van der Waals surface area (Å²) in [5, 5.41) is 2.83. The largest absolute Gasteiger partial charge is 0.497 e. The van der Waals surface area contributed by atoms with Crippen molar-refractivity contribution in [3.05, 3.63) is 23.8 Å². The second kappa shape index (κ2) is 6.43. The molecule has 0 aliphatic carbocycles. The van der Waals surface area contributed by atoms with Crippen molar-refractivity contribution in [1.82, 2.24) is 5.32 Å². The maximum Gasteiger partial charge on any atom is 0.222 e. The lowest BCUT2D eigenvalue weighted by molar-refractivity contribution is -0.122. The fraction of sp³-hybridized carbons (Fsp3) is 0.500. The smallest absolute Gasteiger partial charge is 0.222 e. The van der Waals surface area contributed by atoms with E-state index in [1.807, 2.05) is 32.0 Å². The van der Waals surface area contributed by atoms with Crippen LogP contribution in [-0.4, -0.2) is 25.7 Å². The summed E-state index contributed by atoms with van der Waals surface area (Å²) in [7, 11) is 3.19. The number of benzene rings is 1. The number of carbonyl (C=O) groups excluding carboxylic acids is 1. The van der Waals surface area contributed by atoms with Gasteiger partial charge in [0, 0.05) is 24.1 Å². The van der Waals surface area contributed by atoms with E-state index in [9.17, 15) is 4.79 Å². The number of nitrogens with two attached hydrogens (primary N) is 1. The zero-order chi connectivity index (χ0) is 14.5. The summed E-state index contributed by atoms with van der Waals surface area (Å²) in [4.78, 5) is 11.7. The Hall–Kier alpha value is -1.75. The maximum atomic E-state index is 11.7. The highest BCUT2D eigenvalue weighted by atomic mass is 16.5. The summed E-state index contributed by atoms with van der Waals surface area (Å²) in [6, 6.07) is 5.47. The summed E-state index contributed by atoms with van der Waals surface area (Å²) in [6.45, 7) is 4.02. The van der Waals surface area contributed by atoms with Crippen molar-refractivity contribution in [1.29, 1.82) is 0 Å². The monoisotopic (exact) mass is 266 g/mol. The Labute approximate surface area is 114 Å². The van der Waals surface area contributed by atoms with Crippen LogP contribution in [0, 0.1) is 0 Å². The Morgan fingerprint density at radius 1 is 1.32 bits per heavy atom. The molecule has 0 bridgehead atoms. The normalized spacial score (nSPS) is 11.0. The molecule has 0 aromatic heterocycles. The summed E-state index contributed by atoms with van der Waals surface area (Å²) < 4.78 is 10.4. The molecule has 0 radical (unpaired) electrons. The summed E-state index contributed by atoms with van der Waals surface area (Å²) in [5.41, 5.74) is 6.16. The van der Waals surface area contributed by atoms with Crippen molar-refractivity contribution < 1.29 is 14.3 Å². The summed E-state index contributed by atoms with van der Waals surface area (Å²) in [5.74, 6) is 1.36. The van der Waals surface area contributed by atoms with Crippen molar-refractivity contribution in [3.63, 3.8) is 0 Å². The van der Waals surface area contributed by atoms with E-state index in [0.29, 0.717) is 12.3 Å². The Morgan fingerprint density at radius 2 is 2.00 bits per heavy atom. The van der Waals surface area contributed by atoms with Gasteiger partial charge in [-0.15, -0.1) is 0 Å². The third-order valence-corrected chi connectivity index (χ3v) is 2.58. The number of rotatable bonds is 6. The topological polar surface area (TPSA) is 73.6 Å². The number of carbonyl (C=O) groups is 1. The van der Waals surface area contributed by atoms with Crippen LogP contribution in [0.3, 0.4) is 0 Å². The summed E-state index contributed by atoms with van der Waals surface area (Å²) in [6.07, 6.45) is 0.277. The molecule has 0 saturated heterocycles. The zero-order valence-electron chi connectivity index (χ0n) is 11.9. The lowest BCUT2D eigenvalue weighted by Crippen LogP contribution is -2.38. The van der Waals surface area contributed by atoms with Gasteiger partial charge in [0.15, 0.2) is 0 Å². The second-order valence-electron chi connectivity index (χ2n) is 5.12. The molecule has 1 rings (SSSR count). The molecular weight excluding hydrogens is 244 g/mol. The zero-order valence-corrected chi connectivity index (χ0v) is 11.9. The Morgan fingerprint density at radius 3 is 2.53 bits per heavy atom. The molecule has 19 heavy (non-hydrogen) atoms. The fourth-order valence-corrected chi connectivity index (χ4v) is 1.69. The molecule has 0 fully saturated rings. The third kappa shape index (κ3) is 5.18. The van der Waals surface area contributed by atoms with E-state index >= 15 is 0 Å². The number of hydrogen-bond acceptors (Lipinski definition) is 4. The van der Waals surface area contributed by atoms with Crippen LogP contribution in [0.4, 0.5) is 0 Å². The maximum absolute atomic E-state index is 11.7. The number of hydrogen-bond donors (Lipinski definition) is 2. The Bertz CT molecular complexity index is 439. The van der Waals surface area contributed by atoms with Gasteiger partial charge in [0.1, 0.15) is 11.5 Å². The van der Waals surface area contributed by atoms with Crippen LogP contribution in [0.25, 0.3) is 0 Å². The first-order valence-electron chi connectivity index (χ1n) is 6.12. The van der Waals surface area contributed by atoms with Crippen molar-refractivity contribution in [3.8, 4) is 11.5 Å². The van der Waals surface area contributed by atoms with Crippen LogP contribution in [0.15, 0.2) is 18.2 Å². The van der Waals surface area contributed by atoms with Crippen molar-refractivity contribution in [2.45, 2.75) is 32.4 Å². The molecule has 0 unspecified atom stereocenters. The molecule has 1 aromatic rings. The molecule has 0 saturated carbocycles. The molecule has 1 amide bonds. The first kappa shape index (κ1) is 15.3. The molecule has 0 spiro atoms. The minimum Gasteiger partial charge on any atom is -0.497 e. The minimum absolute atomic E-state index is 0.0858. The van der Waals surface area contributed by atoms with E-state index in [1.54, 1.807) is 14.2 Å². The molecule has 1 aromatic carbocycles.